The number of Topliss-reactive ketones (excluding diaryl/α,β-unsaturated/α-hetero) is 1. The maximum Gasteiger partial charge on any atom is 0.172 e. The lowest BCUT2D eigenvalue weighted by atomic mass is 10.0. The Labute approximate surface area is 108 Å². The molecule has 0 radical (unpaired) electrons. The summed E-state index contributed by atoms with van der Waals surface area (Å²) in [5.74, 6) is 0.906. The number of ketones is 1. The van der Waals surface area contributed by atoms with Crippen molar-refractivity contribution < 1.29 is 9.53 Å². The minimum atomic E-state index is 0.0597. The van der Waals surface area contributed by atoms with Gasteiger partial charge in [0.1, 0.15) is 12.4 Å². The number of hydrogen-bond acceptors (Lipinski definition) is 2. The van der Waals surface area contributed by atoms with Gasteiger partial charge in [0, 0.05) is 10.9 Å². The maximum absolute atomic E-state index is 11.6. The fraction of sp³-hybridized carbons (Fsp3) is 0.500. The van der Waals surface area contributed by atoms with Crippen molar-refractivity contribution in [2.24, 2.45) is 5.92 Å². The van der Waals surface area contributed by atoms with Gasteiger partial charge in [-0.1, -0.05) is 25.4 Å². The van der Waals surface area contributed by atoms with Crippen LogP contribution in [0.5, 0.6) is 5.75 Å². The zero-order chi connectivity index (χ0) is 13.0. The Morgan fingerprint density at radius 2 is 1.88 bits per heavy atom. The van der Waals surface area contributed by atoms with E-state index >= 15 is 0 Å². The first kappa shape index (κ1) is 14.0. The third-order valence-electron chi connectivity index (χ3n) is 2.95. The second-order valence-electron chi connectivity index (χ2n) is 4.44. The second kappa shape index (κ2) is 6.06. The number of ether oxygens (including phenoxy) is 1. The van der Waals surface area contributed by atoms with Crippen LogP contribution in [0.2, 0.25) is 5.02 Å². The monoisotopic (exact) mass is 254 g/mol. The van der Waals surface area contributed by atoms with Crippen molar-refractivity contribution in [1.82, 2.24) is 0 Å². The van der Waals surface area contributed by atoms with E-state index in [0.29, 0.717) is 5.75 Å². The van der Waals surface area contributed by atoms with Crippen molar-refractivity contribution in [3.8, 4) is 5.75 Å². The lowest BCUT2D eigenvalue weighted by Gasteiger charge is -2.11. The third kappa shape index (κ3) is 3.74. The van der Waals surface area contributed by atoms with Gasteiger partial charge in [0.15, 0.2) is 5.78 Å². The fourth-order valence-corrected chi connectivity index (χ4v) is 1.62. The van der Waals surface area contributed by atoms with E-state index in [-0.39, 0.29) is 18.3 Å². The van der Waals surface area contributed by atoms with E-state index in [1.54, 1.807) is 0 Å². The molecular weight excluding hydrogens is 236 g/mol. The maximum atomic E-state index is 11.6. The van der Waals surface area contributed by atoms with Crippen LogP contribution in [0.3, 0.4) is 0 Å². The normalized spacial score (nSPS) is 12.3. The predicted molar refractivity (Wildman–Crippen MR) is 70.9 cm³/mol. The summed E-state index contributed by atoms with van der Waals surface area (Å²) in [6.07, 6.45) is 0.848. The summed E-state index contributed by atoms with van der Waals surface area (Å²) < 4.78 is 5.50. The van der Waals surface area contributed by atoms with Gasteiger partial charge in [0.05, 0.1) is 0 Å². The van der Waals surface area contributed by atoms with E-state index in [1.165, 1.54) is 0 Å². The number of aryl methyl sites for hydroxylation is 2. The number of rotatable bonds is 5. The molecule has 0 aliphatic carbocycles. The molecule has 1 aromatic rings. The van der Waals surface area contributed by atoms with Crippen LogP contribution in [0.15, 0.2) is 12.1 Å². The Balaban J connectivity index is 2.67. The van der Waals surface area contributed by atoms with E-state index in [2.05, 4.69) is 0 Å². The van der Waals surface area contributed by atoms with Gasteiger partial charge in [-0.2, -0.15) is 0 Å². The summed E-state index contributed by atoms with van der Waals surface area (Å²) in [7, 11) is 0. The quantitative estimate of drug-likeness (QED) is 0.795. The molecule has 0 aliphatic rings. The Kier molecular flexibility index (Phi) is 5.01. The molecule has 1 aromatic carbocycles. The van der Waals surface area contributed by atoms with Crippen molar-refractivity contribution in [2.75, 3.05) is 6.61 Å². The SMILES string of the molecule is CCC(C)C(=O)COc1cc(C)c(Cl)c(C)c1. The highest BCUT2D eigenvalue weighted by atomic mass is 35.5. The van der Waals surface area contributed by atoms with Gasteiger partial charge in [0.2, 0.25) is 0 Å². The van der Waals surface area contributed by atoms with Crippen molar-refractivity contribution in [1.29, 1.82) is 0 Å². The molecule has 0 spiro atoms. The molecule has 3 heteroatoms. The molecule has 1 unspecified atom stereocenters. The molecule has 0 fully saturated rings. The van der Waals surface area contributed by atoms with Crippen LogP contribution >= 0.6 is 11.6 Å². The molecule has 1 atom stereocenters. The highest BCUT2D eigenvalue weighted by Gasteiger charge is 2.11. The van der Waals surface area contributed by atoms with Crippen molar-refractivity contribution in [2.45, 2.75) is 34.1 Å². The minimum absolute atomic E-state index is 0.0597. The average molecular weight is 255 g/mol. The molecule has 1 rings (SSSR count). The molecule has 0 saturated heterocycles. The highest BCUT2D eigenvalue weighted by Crippen LogP contribution is 2.25. The van der Waals surface area contributed by atoms with E-state index in [9.17, 15) is 4.79 Å². The molecule has 2 nitrogen and oxygen atoms in total. The van der Waals surface area contributed by atoms with Crippen molar-refractivity contribution in [3.05, 3.63) is 28.3 Å². The van der Waals surface area contributed by atoms with Gasteiger partial charge in [0.25, 0.3) is 0 Å². The van der Waals surface area contributed by atoms with Crippen LogP contribution in [0.4, 0.5) is 0 Å². The van der Waals surface area contributed by atoms with Crippen LogP contribution in [-0.4, -0.2) is 12.4 Å². The molecule has 17 heavy (non-hydrogen) atoms. The zero-order valence-electron chi connectivity index (χ0n) is 10.8. The predicted octanol–water partition coefficient (Wildman–Crippen LogP) is 3.95. The number of carbonyl (C=O) groups is 1. The molecule has 94 valence electrons. The second-order valence-corrected chi connectivity index (χ2v) is 4.81. The highest BCUT2D eigenvalue weighted by molar-refractivity contribution is 6.32. The van der Waals surface area contributed by atoms with Gasteiger partial charge in [-0.15, -0.1) is 0 Å². The smallest absolute Gasteiger partial charge is 0.172 e. The topological polar surface area (TPSA) is 26.3 Å². The van der Waals surface area contributed by atoms with Crippen molar-refractivity contribution >= 4 is 17.4 Å². The molecule has 0 aliphatic heterocycles. The Hall–Kier alpha value is -1.02. The fourth-order valence-electron chi connectivity index (χ4n) is 1.51. The summed E-state index contributed by atoms with van der Waals surface area (Å²) >= 11 is 6.06. The third-order valence-corrected chi connectivity index (χ3v) is 3.55. The Morgan fingerprint density at radius 3 is 2.35 bits per heavy atom. The van der Waals surface area contributed by atoms with Crippen LogP contribution in [0.1, 0.15) is 31.4 Å². The summed E-state index contributed by atoms with van der Waals surface area (Å²) in [6, 6.07) is 3.72. The Bertz CT molecular complexity index is 390. The van der Waals surface area contributed by atoms with Gasteiger partial charge >= 0.3 is 0 Å². The van der Waals surface area contributed by atoms with Crippen LogP contribution in [0.25, 0.3) is 0 Å². The van der Waals surface area contributed by atoms with Crippen LogP contribution in [0, 0.1) is 19.8 Å². The summed E-state index contributed by atoms with van der Waals surface area (Å²) in [5.41, 5.74) is 1.94. The lowest BCUT2D eigenvalue weighted by molar-refractivity contribution is -0.124. The number of halogens is 1. The van der Waals surface area contributed by atoms with Gasteiger partial charge in [-0.25, -0.2) is 0 Å². The number of carbonyl (C=O) groups excluding carboxylic acids is 1. The first-order valence-corrected chi connectivity index (χ1v) is 6.25. The van der Waals surface area contributed by atoms with Gasteiger partial charge < -0.3 is 4.74 Å². The van der Waals surface area contributed by atoms with E-state index in [0.717, 1.165) is 22.6 Å². The van der Waals surface area contributed by atoms with Gasteiger partial charge in [-0.3, -0.25) is 4.79 Å². The number of hydrogen-bond donors (Lipinski definition) is 0. The van der Waals surface area contributed by atoms with E-state index < -0.39 is 0 Å². The van der Waals surface area contributed by atoms with Crippen LogP contribution in [-0.2, 0) is 4.79 Å². The lowest BCUT2D eigenvalue weighted by Crippen LogP contribution is -2.18. The molecule has 0 saturated carbocycles. The Morgan fingerprint density at radius 1 is 1.35 bits per heavy atom. The molecule has 0 N–H and O–H groups in total. The molecule has 0 bridgehead atoms. The van der Waals surface area contributed by atoms with Crippen molar-refractivity contribution in [3.63, 3.8) is 0 Å². The first-order chi connectivity index (χ1) is 7.95. The first-order valence-electron chi connectivity index (χ1n) is 5.88. The average Bonchev–Trinajstić information content (AvgIpc) is 2.31. The standard InChI is InChI=1S/C14H19ClO2/c1-5-9(2)13(16)8-17-12-6-10(3)14(15)11(4)7-12/h6-7,9H,5,8H2,1-4H3. The zero-order valence-corrected chi connectivity index (χ0v) is 11.6. The van der Waals surface area contributed by atoms with Gasteiger partial charge in [-0.05, 0) is 43.5 Å². The van der Waals surface area contributed by atoms with E-state index in [4.69, 9.17) is 16.3 Å². The largest absolute Gasteiger partial charge is 0.486 e. The summed E-state index contributed by atoms with van der Waals surface area (Å²) in [4.78, 5) is 11.6. The van der Waals surface area contributed by atoms with E-state index in [1.807, 2.05) is 39.8 Å². The van der Waals surface area contributed by atoms with Crippen LogP contribution < -0.4 is 4.74 Å². The number of benzene rings is 1. The minimum Gasteiger partial charge on any atom is -0.486 e. The molecule has 0 aromatic heterocycles. The molecule has 0 heterocycles. The summed E-state index contributed by atoms with van der Waals surface area (Å²) in [6.45, 7) is 7.91. The summed E-state index contributed by atoms with van der Waals surface area (Å²) in [5, 5.41) is 0.755. The molecule has 0 amide bonds. The molecular formula is C14H19ClO2.